The van der Waals surface area contributed by atoms with E-state index in [1.807, 2.05) is 0 Å². The Bertz CT molecular complexity index is 548. The summed E-state index contributed by atoms with van der Waals surface area (Å²) in [6.45, 7) is 15.2. The first kappa shape index (κ1) is 32.6. The third-order valence-electron chi connectivity index (χ3n) is 9.67. The van der Waals surface area contributed by atoms with Crippen molar-refractivity contribution in [2.75, 3.05) is 32.7 Å². The first-order chi connectivity index (χ1) is 18.1. The monoisotopic (exact) mass is 519 g/mol. The van der Waals surface area contributed by atoms with Crippen molar-refractivity contribution in [3.63, 3.8) is 0 Å². The van der Waals surface area contributed by atoms with Crippen LogP contribution in [0.4, 0.5) is 0 Å². The zero-order valence-corrected chi connectivity index (χ0v) is 25.8. The van der Waals surface area contributed by atoms with E-state index in [2.05, 4.69) is 37.5 Å². The summed E-state index contributed by atoms with van der Waals surface area (Å²) < 4.78 is 0. The number of nitrogens with zero attached hydrogens (tertiary/aromatic N) is 2. The van der Waals surface area contributed by atoms with E-state index in [9.17, 15) is 4.79 Å². The number of hydrogen-bond donors (Lipinski definition) is 0. The van der Waals surface area contributed by atoms with Gasteiger partial charge in [-0.25, -0.2) is 0 Å². The molecule has 2 rings (SSSR count). The Morgan fingerprint density at radius 1 is 0.622 bits per heavy atom. The van der Waals surface area contributed by atoms with Crippen molar-refractivity contribution in [3.8, 4) is 0 Å². The van der Waals surface area contributed by atoms with Gasteiger partial charge in [-0.15, -0.1) is 0 Å². The predicted octanol–water partition coefficient (Wildman–Crippen LogP) is 9.63. The van der Waals surface area contributed by atoms with Crippen LogP contribution >= 0.6 is 0 Å². The summed E-state index contributed by atoms with van der Waals surface area (Å²) in [6, 6.07) is 0. The fourth-order valence-electron chi connectivity index (χ4n) is 6.95. The Kier molecular flexibility index (Phi) is 17.2. The third kappa shape index (κ3) is 12.9. The molecular formula is C34H66N2O. The Morgan fingerprint density at radius 3 is 1.57 bits per heavy atom. The molecule has 0 bridgehead atoms. The standard InChI is InChI=1S/C34H66N2O/c1-5-9-13-16-20-31(21-17-14-10-6-2)27-33(37)36-29-34(30-36)23-25-35(26-24-34)28-32(19-12-8-4)22-18-15-11-7-3/h31-32H,5-30H2,1-4H3. The summed E-state index contributed by atoms with van der Waals surface area (Å²) >= 11 is 0. The van der Waals surface area contributed by atoms with Crippen LogP contribution < -0.4 is 0 Å². The Hall–Kier alpha value is -0.570. The SMILES string of the molecule is CCCCCCC(CCCCCC)CC(=O)N1CC2(CCN(CC(CCCC)CCCCCC)CC2)C1. The molecule has 37 heavy (non-hydrogen) atoms. The number of amides is 1. The Balaban J connectivity index is 1.72. The summed E-state index contributed by atoms with van der Waals surface area (Å²) in [7, 11) is 0. The van der Waals surface area contributed by atoms with E-state index in [4.69, 9.17) is 0 Å². The van der Waals surface area contributed by atoms with Crippen molar-refractivity contribution in [1.29, 1.82) is 0 Å². The molecule has 2 fully saturated rings. The second-order valence-corrected chi connectivity index (χ2v) is 13.2. The zero-order chi connectivity index (χ0) is 26.8. The fourth-order valence-corrected chi connectivity index (χ4v) is 6.95. The van der Waals surface area contributed by atoms with Crippen molar-refractivity contribution < 1.29 is 4.79 Å². The van der Waals surface area contributed by atoms with Gasteiger partial charge in [0.25, 0.3) is 0 Å². The van der Waals surface area contributed by atoms with E-state index >= 15 is 0 Å². The second-order valence-electron chi connectivity index (χ2n) is 13.2. The molecule has 1 amide bonds. The van der Waals surface area contributed by atoms with Crippen molar-refractivity contribution in [2.45, 2.75) is 163 Å². The number of piperidine rings is 1. The molecule has 3 nitrogen and oxygen atoms in total. The molecule has 0 radical (unpaired) electrons. The maximum atomic E-state index is 13.2. The first-order valence-electron chi connectivity index (χ1n) is 17.1. The topological polar surface area (TPSA) is 23.6 Å². The normalized spacial score (nSPS) is 18.5. The van der Waals surface area contributed by atoms with Crippen molar-refractivity contribution in [2.24, 2.45) is 17.3 Å². The largest absolute Gasteiger partial charge is 0.341 e. The fraction of sp³-hybridized carbons (Fsp3) is 0.971. The number of carbonyl (C=O) groups excluding carboxylic acids is 1. The van der Waals surface area contributed by atoms with Gasteiger partial charge in [0.1, 0.15) is 0 Å². The van der Waals surface area contributed by atoms with E-state index in [0.29, 0.717) is 17.2 Å². The van der Waals surface area contributed by atoms with Crippen LogP contribution in [0.5, 0.6) is 0 Å². The molecule has 1 unspecified atom stereocenters. The zero-order valence-electron chi connectivity index (χ0n) is 25.8. The van der Waals surface area contributed by atoms with Gasteiger partial charge >= 0.3 is 0 Å². The van der Waals surface area contributed by atoms with Crippen molar-refractivity contribution >= 4 is 5.91 Å². The minimum Gasteiger partial charge on any atom is -0.341 e. The highest BCUT2D eigenvalue weighted by atomic mass is 16.2. The predicted molar refractivity (Wildman–Crippen MR) is 162 cm³/mol. The molecule has 0 N–H and O–H groups in total. The Morgan fingerprint density at radius 2 is 1.08 bits per heavy atom. The molecule has 218 valence electrons. The van der Waals surface area contributed by atoms with Crippen LogP contribution in [0, 0.1) is 17.3 Å². The lowest BCUT2D eigenvalue weighted by atomic mass is 9.71. The highest BCUT2D eigenvalue weighted by Crippen LogP contribution is 2.41. The molecule has 0 aliphatic carbocycles. The van der Waals surface area contributed by atoms with Crippen LogP contribution in [0.1, 0.15) is 163 Å². The number of likely N-dealkylation sites (tertiary alicyclic amines) is 2. The Labute approximate surface area is 232 Å². The lowest BCUT2D eigenvalue weighted by Gasteiger charge is -2.54. The summed E-state index contributed by atoms with van der Waals surface area (Å²) in [5.74, 6) is 1.99. The van der Waals surface area contributed by atoms with E-state index in [-0.39, 0.29) is 0 Å². The number of rotatable bonds is 22. The highest BCUT2D eigenvalue weighted by molar-refractivity contribution is 5.77. The first-order valence-corrected chi connectivity index (χ1v) is 17.1. The molecule has 1 spiro atoms. The average molecular weight is 519 g/mol. The number of unbranched alkanes of at least 4 members (excludes halogenated alkanes) is 10. The van der Waals surface area contributed by atoms with Gasteiger partial charge in [-0.2, -0.15) is 0 Å². The molecule has 0 aromatic carbocycles. The van der Waals surface area contributed by atoms with Gasteiger partial charge < -0.3 is 9.80 Å². The van der Waals surface area contributed by atoms with Gasteiger partial charge in [0.05, 0.1) is 0 Å². The maximum Gasteiger partial charge on any atom is 0.222 e. The molecule has 0 aromatic rings. The van der Waals surface area contributed by atoms with Crippen LogP contribution in [0.2, 0.25) is 0 Å². The van der Waals surface area contributed by atoms with E-state index in [0.717, 1.165) is 25.4 Å². The van der Waals surface area contributed by atoms with Gasteiger partial charge in [-0.3, -0.25) is 4.79 Å². The van der Waals surface area contributed by atoms with Crippen molar-refractivity contribution in [3.05, 3.63) is 0 Å². The van der Waals surface area contributed by atoms with E-state index in [1.165, 1.54) is 148 Å². The van der Waals surface area contributed by atoms with Gasteiger partial charge in [0.2, 0.25) is 5.91 Å². The summed E-state index contributed by atoms with van der Waals surface area (Å²) in [5.41, 5.74) is 0.448. The van der Waals surface area contributed by atoms with Crippen LogP contribution in [-0.2, 0) is 4.79 Å². The summed E-state index contributed by atoms with van der Waals surface area (Å²) in [4.78, 5) is 18.2. The van der Waals surface area contributed by atoms with E-state index in [1.54, 1.807) is 0 Å². The molecule has 0 aromatic heterocycles. The van der Waals surface area contributed by atoms with Crippen LogP contribution in [0.15, 0.2) is 0 Å². The van der Waals surface area contributed by atoms with Crippen LogP contribution in [-0.4, -0.2) is 48.4 Å². The van der Waals surface area contributed by atoms with Gasteiger partial charge in [-0.1, -0.05) is 118 Å². The van der Waals surface area contributed by atoms with Gasteiger partial charge in [-0.05, 0) is 63.5 Å². The van der Waals surface area contributed by atoms with Gasteiger partial charge in [0, 0.05) is 31.5 Å². The molecular weight excluding hydrogens is 452 g/mol. The molecule has 2 aliphatic heterocycles. The third-order valence-corrected chi connectivity index (χ3v) is 9.67. The summed E-state index contributed by atoms with van der Waals surface area (Å²) in [5, 5.41) is 0. The number of hydrogen-bond acceptors (Lipinski definition) is 2. The highest BCUT2D eigenvalue weighted by Gasteiger charge is 2.46. The van der Waals surface area contributed by atoms with Crippen LogP contribution in [0.3, 0.4) is 0 Å². The molecule has 3 heteroatoms. The second kappa shape index (κ2) is 19.5. The lowest BCUT2D eigenvalue weighted by molar-refractivity contribution is -0.148. The molecule has 2 aliphatic rings. The summed E-state index contributed by atoms with van der Waals surface area (Å²) in [6.07, 6.45) is 27.8. The van der Waals surface area contributed by atoms with E-state index < -0.39 is 0 Å². The minimum absolute atomic E-state index is 0.448. The minimum atomic E-state index is 0.448. The average Bonchev–Trinajstić information content (AvgIpc) is 2.88. The lowest BCUT2D eigenvalue weighted by Crippen LogP contribution is -2.62. The van der Waals surface area contributed by atoms with Gasteiger partial charge in [0.15, 0.2) is 0 Å². The maximum absolute atomic E-state index is 13.2. The molecule has 1 atom stereocenters. The quantitative estimate of drug-likeness (QED) is 0.133. The molecule has 2 heterocycles. The molecule has 2 saturated heterocycles. The number of carbonyl (C=O) groups is 1. The molecule has 0 saturated carbocycles. The smallest absolute Gasteiger partial charge is 0.222 e. The van der Waals surface area contributed by atoms with Crippen molar-refractivity contribution in [1.82, 2.24) is 9.80 Å². The van der Waals surface area contributed by atoms with Crippen LogP contribution in [0.25, 0.3) is 0 Å².